The molecule has 0 saturated carbocycles. The van der Waals surface area contributed by atoms with Gasteiger partial charge >= 0.3 is 0 Å². The number of aryl methyl sites for hydroxylation is 5. The number of hydrogen-bond donors (Lipinski definition) is 2. The number of H-pyrrole nitrogens is 1. The van der Waals surface area contributed by atoms with Gasteiger partial charge in [-0.3, -0.25) is 9.48 Å². The summed E-state index contributed by atoms with van der Waals surface area (Å²) >= 11 is 0. The Morgan fingerprint density at radius 3 is 2.59 bits per heavy atom. The van der Waals surface area contributed by atoms with Crippen molar-refractivity contribution in [3.8, 4) is 22.4 Å². The lowest BCUT2D eigenvalue weighted by atomic mass is 9.96. The van der Waals surface area contributed by atoms with E-state index in [0.717, 1.165) is 67.2 Å². The molecule has 10 heteroatoms. The van der Waals surface area contributed by atoms with Gasteiger partial charge in [-0.25, -0.2) is 9.97 Å². The predicted octanol–water partition coefficient (Wildman–Crippen LogP) is 6.15. The van der Waals surface area contributed by atoms with Gasteiger partial charge in [-0.15, -0.1) is 0 Å². The first kappa shape index (κ1) is 24.8. The van der Waals surface area contributed by atoms with Gasteiger partial charge in [-0.1, -0.05) is 29.4 Å². The number of aromatic amines is 1. The smallest absolute Gasteiger partial charge is 0.259 e. The summed E-state index contributed by atoms with van der Waals surface area (Å²) in [7, 11) is 1.90. The second-order valence-corrected chi connectivity index (χ2v) is 10.5. The normalized spacial score (nSPS) is 12.9. The first-order valence-corrected chi connectivity index (χ1v) is 13.4. The minimum absolute atomic E-state index is 0.0346. The average molecular weight is 545 g/mol. The fourth-order valence-electron chi connectivity index (χ4n) is 5.70. The number of benzene rings is 2. The molecule has 204 valence electrons. The topological polar surface area (TPSA) is 118 Å². The fraction of sp³-hybridized carbons (Fsp3) is 0.194. The van der Waals surface area contributed by atoms with Crippen LogP contribution >= 0.6 is 0 Å². The van der Waals surface area contributed by atoms with E-state index in [9.17, 15) is 4.79 Å². The number of nitrogens with one attached hydrogen (secondary N) is 2. The number of para-hydroxylation sites is 1. The summed E-state index contributed by atoms with van der Waals surface area (Å²) in [5.41, 5.74) is 9.79. The SMILES string of the molecule is Cc1cnc(Nc2cc(C)n(C)n2)nc1-c1c[nH]c2c(N3Cc4c(cccc4-c4c(C)noc4C)C3=O)cccc12. The van der Waals surface area contributed by atoms with Gasteiger partial charge in [0, 0.05) is 53.3 Å². The predicted molar refractivity (Wildman–Crippen MR) is 157 cm³/mol. The van der Waals surface area contributed by atoms with E-state index in [1.165, 1.54) is 0 Å². The highest BCUT2D eigenvalue weighted by atomic mass is 16.5. The molecule has 1 aliphatic heterocycles. The maximum atomic E-state index is 13.7. The Morgan fingerprint density at radius 1 is 1.02 bits per heavy atom. The molecule has 0 saturated heterocycles. The molecule has 4 aromatic heterocycles. The standard InChI is InChI=1S/C31H28N8O2/c1-16-13-33-31(34-26-12-17(2)38(5)36-26)35-28(16)23-14-32-29-21(23)9-7-11-25(29)39-15-24-20(8-6-10-22(24)30(39)40)27-18(3)37-41-19(27)4/h6-14,32H,15H2,1-5H3,(H,33,34,35,36). The van der Waals surface area contributed by atoms with Gasteiger partial charge in [0.15, 0.2) is 5.82 Å². The summed E-state index contributed by atoms with van der Waals surface area (Å²) in [5.74, 6) is 1.85. The van der Waals surface area contributed by atoms with Crippen molar-refractivity contribution in [2.75, 3.05) is 10.2 Å². The van der Waals surface area contributed by atoms with Crippen molar-refractivity contribution >= 4 is 34.3 Å². The number of fused-ring (bicyclic) bond motifs is 2. The number of anilines is 3. The van der Waals surface area contributed by atoms with Crippen LogP contribution in [0.1, 0.15) is 38.6 Å². The largest absolute Gasteiger partial charge is 0.361 e. The van der Waals surface area contributed by atoms with E-state index in [-0.39, 0.29) is 5.91 Å². The Morgan fingerprint density at radius 2 is 1.83 bits per heavy atom. The van der Waals surface area contributed by atoms with E-state index in [1.54, 1.807) is 10.9 Å². The molecule has 1 amide bonds. The molecule has 0 bridgehead atoms. The van der Waals surface area contributed by atoms with E-state index >= 15 is 0 Å². The van der Waals surface area contributed by atoms with E-state index in [4.69, 9.17) is 9.51 Å². The van der Waals surface area contributed by atoms with Gasteiger partial charge in [0.25, 0.3) is 5.91 Å². The summed E-state index contributed by atoms with van der Waals surface area (Å²) in [6, 6.07) is 13.8. The van der Waals surface area contributed by atoms with Crippen LogP contribution in [0.15, 0.2) is 59.4 Å². The number of amides is 1. The Hall–Kier alpha value is -5.25. The second-order valence-electron chi connectivity index (χ2n) is 10.5. The van der Waals surface area contributed by atoms with E-state index in [1.807, 2.05) is 88.3 Å². The van der Waals surface area contributed by atoms with Crippen molar-refractivity contribution in [2.45, 2.75) is 34.2 Å². The van der Waals surface area contributed by atoms with E-state index in [0.29, 0.717) is 23.9 Å². The molecular formula is C31H28N8O2. The summed E-state index contributed by atoms with van der Waals surface area (Å²) < 4.78 is 7.23. The Bertz CT molecular complexity index is 1960. The van der Waals surface area contributed by atoms with Crippen LogP contribution in [-0.2, 0) is 13.6 Å². The molecule has 5 heterocycles. The summed E-state index contributed by atoms with van der Waals surface area (Å²) in [6.07, 6.45) is 3.75. The lowest BCUT2D eigenvalue weighted by molar-refractivity contribution is 0.0997. The van der Waals surface area contributed by atoms with Crippen molar-refractivity contribution in [2.24, 2.45) is 7.05 Å². The number of carbonyl (C=O) groups excluding carboxylic acids is 1. The highest BCUT2D eigenvalue weighted by Gasteiger charge is 2.33. The molecule has 0 fully saturated rings. The molecule has 0 spiro atoms. The molecule has 41 heavy (non-hydrogen) atoms. The second kappa shape index (κ2) is 9.16. The van der Waals surface area contributed by atoms with Crippen LogP contribution in [0.5, 0.6) is 0 Å². The van der Waals surface area contributed by atoms with Crippen LogP contribution in [0.3, 0.4) is 0 Å². The van der Waals surface area contributed by atoms with Gasteiger partial charge in [-0.05, 0) is 56.5 Å². The first-order valence-electron chi connectivity index (χ1n) is 13.4. The van der Waals surface area contributed by atoms with Crippen LogP contribution in [0, 0.1) is 27.7 Å². The van der Waals surface area contributed by atoms with Crippen LogP contribution in [0.2, 0.25) is 0 Å². The van der Waals surface area contributed by atoms with Crippen LogP contribution in [0.25, 0.3) is 33.3 Å². The third kappa shape index (κ3) is 3.90. The van der Waals surface area contributed by atoms with Crippen molar-refractivity contribution in [3.05, 3.63) is 88.7 Å². The first-order chi connectivity index (χ1) is 19.8. The molecule has 2 aromatic carbocycles. The molecule has 0 aliphatic carbocycles. The number of hydrogen-bond acceptors (Lipinski definition) is 7. The van der Waals surface area contributed by atoms with Crippen molar-refractivity contribution in [1.82, 2.24) is 29.9 Å². The zero-order valence-electron chi connectivity index (χ0n) is 23.4. The molecule has 6 aromatic rings. The maximum Gasteiger partial charge on any atom is 0.259 e. The van der Waals surface area contributed by atoms with Crippen LogP contribution in [-0.4, -0.2) is 35.8 Å². The minimum Gasteiger partial charge on any atom is -0.361 e. The van der Waals surface area contributed by atoms with Gasteiger partial charge < -0.3 is 19.7 Å². The highest BCUT2D eigenvalue weighted by Crippen LogP contribution is 2.41. The van der Waals surface area contributed by atoms with Gasteiger partial charge in [0.05, 0.1) is 29.1 Å². The maximum absolute atomic E-state index is 13.7. The molecule has 0 radical (unpaired) electrons. The summed E-state index contributed by atoms with van der Waals surface area (Å²) in [4.78, 5) is 28.3. The average Bonchev–Trinajstić information content (AvgIpc) is 3.71. The molecule has 10 nitrogen and oxygen atoms in total. The summed E-state index contributed by atoms with van der Waals surface area (Å²) in [6.45, 7) is 8.26. The Labute approximate surface area is 236 Å². The van der Waals surface area contributed by atoms with Crippen molar-refractivity contribution in [1.29, 1.82) is 0 Å². The van der Waals surface area contributed by atoms with Crippen LogP contribution < -0.4 is 10.2 Å². The number of carbonyl (C=O) groups is 1. The molecular weight excluding hydrogens is 516 g/mol. The molecule has 1 aliphatic rings. The molecule has 0 atom stereocenters. The van der Waals surface area contributed by atoms with E-state index in [2.05, 4.69) is 25.5 Å². The lowest BCUT2D eigenvalue weighted by Crippen LogP contribution is -2.23. The molecule has 7 rings (SSSR count). The minimum atomic E-state index is -0.0346. The third-order valence-corrected chi connectivity index (χ3v) is 7.84. The number of aromatic nitrogens is 6. The van der Waals surface area contributed by atoms with Crippen LogP contribution in [0.4, 0.5) is 17.5 Å². The monoisotopic (exact) mass is 544 g/mol. The highest BCUT2D eigenvalue weighted by molar-refractivity contribution is 6.15. The lowest BCUT2D eigenvalue weighted by Gasteiger charge is -2.17. The van der Waals surface area contributed by atoms with Gasteiger partial charge in [0.1, 0.15) is 5.76 Å². The third-order valence-electron chi connectivity index (χ3n) is 7.84. The van der Waals surface area contributed by atoms with Crippen molar-refractivity contribution in [3.63, 3.8) is 0 Å². The zero-order chi connectivity index (χ0) is 28.4. The van der Waals surface area contributed by atoms with Gasteiger partial charge in [-0.2, -0.15) is 5.10 Å². The van der Waals surface area contributed by atoms with Gasteiger partial charge in [0.2, 0.25) is 5.95 Å². The Kier molecular flexibility index (Phi) is 5.53. The quantitative estimate of drug-likeness (QED) is 0.267. The fourth-order valence-corrected chi connectivity index (χ4v) is 5.70. The Balaban J connectivity index is 1.27. The van der Waals surface area contributed by atoms with Crippen molar-refractivity contribution < 1.29 is 9.32 Å². The molecule has 2 N–H and O–H groups in total. The zero-order valence-corrected chi connectivity index (χ0v) is 23.4. The summed E-state index contributed by atoms with van der Waals surface area (Å²) in [5, 5.41) is 12.8. The van der Waals surface area contributed by atoms with E-state index < -0.39 is 0 Å². The number of rotatable bonds is 5. The molecule has 0 unspecified atom stereocenters. The number of nitrogens with zero attached hydrogens (tertiary/aromatic N) is 6.